The Bertz CT molecular complexity index is 632. The minimum atomic E-state index is 0.344. The zero-order chi connectivity index (χ0) is 16.2. The molecule has 3 rings (SSSR count). The Labute approximate surface area is 142 Å². The van der Waals surface area contributed by atoms with E-state index in [9.17, 15) is 0 Å². The van der Waals surface area contributed by atoms with Crippen LogP contribution in [-0.2, 0) is 6.54 Å². The number of ether oxygens (including phenoxy) is 1. The molecule has 2 aromatic rings. The first-order valence-corrected chi connectivity index (χ1v) is 8.45. The molecule has 2 unspecified atom stereocenters. The summed E-state index contributed by atoms with van der Waals surface area (Å²) in [5, 5.41) is 4.90. The molecule has 1 fully saturated rings. The molecule has 0 N–H and O–H groups in total. The second kappa shape index (κ2) is 7.32. The Kier molecular flexibility index (Phi) is 5.18. The molecule has 0 saturated carbocycles. The maximum atomic E-state index is 6.27. The standard InChI is InChI=1S/C17H23ClN4O/c1-13(15-5-6-17(23-2)16(18)8-15)21-7-3-4-14(9-21)10-22-12-19-11-20-22/h5-6,8,11-14H,3-4,7,9-10H2,1-2H3. The van der Waals surface area contributed by atoms with Crippen LogP contribution >= 0.6 is 11.6 Å². The monoisotopic (exact) mass is 334 g/mol. The lowest BCUT2D eigenvalue weighted by atomic mass is 9.95. The first-order chi connectivity index (χ1) is 11.2. The highest BCUT2D eigenvalue weighted by Gasteiger charge is 2.25. The average molecular weight is 335 g/mol. The molecule has 1 saturated heterocycles. The van der Waals surface area contributed by atoms with Crippen molar-refractivity contribution < 1.29 is 4.74 Å². The van der Waals surface area contributed by atoms with Gasteiger partial charge < -0.3 is 4.74 Å². The van der Waals surface area contributed by atoms with E-state index >= 15 is 0 Å². The minimum Gasteiger partial charge on any atom is -0.495 e. The van der Waals surface area contributed by atoms with Crippen molar-refractivity contribution in [1.82, 2.24) is 19.7 Å². The third-order valence-corrected chi connectivity index (χ3v) is 4.96. The normalized spacial score (nSPS) is 20.4. The molecule has 1 aromatic heterocycles. The molecule has 2 heterocycles. The van der Waals surface area contributed by atoms with Crippen molar-refractivity contribution >= 4 is 11.6 Å². The van der Waals surface area contributed by atoms with Gasteiger partial charge >= 0.3 is 0 Å². The number of benzene rings is 1. The summed E-state index contributed by atoms with van der Waals surface area (Å²) in [5.74, 6) is 1.34. The lowest BCUT2D eigenvalue weighted by molar-refractivity contribution is 0.121. The van der Waals surface area contributed by atoms with Crippen molar-refractivity contribution in [2.45, 2.75) is 32.4 Å². The predicted molar refractivity (Wildman–Crippen MR) is 90.7 cm³/mol. The largest absolute Gasteiger partial charge is 0.495 e. The molecular weight excluding hydrogens is 312 g/mol. The fourth-order valence-corrected chi connectivity index (χ4v) is 3.61. The average Bonchev–Trinajstić information content (AvgIpc) is 3.07. The Morgan fingerprint density at radius 3 is 3.00 bits per heavy atom. The van der Waals surface area contributed by atoms with E-state index in [2.05, 4.69) is 28.0 Å². The third-order valence-electron chi connectivity index (χ3n) is 4.67. The molecule has 0 bridgehead atoms. The van der Waals surface area contributed by atoms with E-state index in [1.165, 1.54) is 18.4 Å². The minimum absolute atomic E-state index is 0.344. The van der Waals surface area contributed by atoms with Gasteiger partial charge in [-0.25, -0.2) is 4.98 Å². The second-order valence-electron chi connectivity index (χ2n) is 6.19. The van der Waals surface area contributed by atoms with Crippen LogP contribution in [0, 0.1) is 5.92 Å². The maximum Gasteiger partial charge on any atom is 0.137 e. The molecule has 1 aliphatic rings. The summed E-state index contributed by atoms with van der Waals surface area (Å²) < 4.78 is 7.17. The molecule has 1 aliphatic heterocycles. The molecule has 23 heavy (non-hydrogen) atoms. The second-order valence-corrected chi connectivity index (χ2v) is 6.60. The van der Waals surface area contributed by atoms with E-state index in [1.807, 2.05) is 16.8 Å². The zero-order valence-electron chi connectivity index (χ0n) is 13.7. The van der Waals surface area contributed by atoms with Gasteiger partial charge in [-0.3, -0.25) is 9.58 Å². The smallest absolute Gasteiger partial charge is 0.137 e. The van der Waals surface area contributed by atoms with Gasteiger partial charge in [0, 0.05) is 19.1 Å². The number of hydrogen-bond acceptors (Lipinski definition) is 4. The predicted octanol–water partition coefficient (Wildman–Crippen LogP) is 3.41. The van der Waals surface area contributed by atoms with E-state index in [-0.39, 0.29) is 0 Å². The van der Waals surface area contributed by atoms with Gasteiger partial charge in [-0.05, 0) is 49.9 Å². The van der Waals surface area contributed by atoms with Gasteiger partial charge in [-0.1, -0.05) is 17.7 Å². The zero-order valence-corrected chi connectivity index (χ0v) is 14.4. The Balaban J connectivity index is 1.66. The lowest BCUT2D eigenvalue weighted by Crippen LogP contribution is -2.38. The molecular formula is C17H23ClN4O. The Morgan fingerprint density at radius 1 is 1.43 bits per heavy atom. The van der Waals surface area contributed by atoms with Crippen LogP contribution in [0.5, 0.6) is 5.75 Å². The van der Waals surface area contributed by atoms with Gasteiger partial charge in [0.2, 0.25) is 0 Å². The van der Waals surface area contributed by atoms with Crippen molar-refractivity contribution in [3.8, 4) is 5.75 Å². The number of methoxy groups -OCH3 is 1. The van der Waals surface area contributed by atoms with Gasteiger partial charge in [0.1, 0.15) is 18.4 Å². The SMILES string of the molecule is COc1ccc(C(C)N2CCCC(Cn3cncn3)C2)cc1Cl. The summed E-state index contributed by atoms with van der Waals surface area (Å²) in [4.78, 5) is 6.56. The highest BCUT2D eigenvalue weighted by Crippen LogP contribution is 2.32. The van der Waals surface area contributed by atoms with Crippen LogP contribution in [0.4, 0.5) is 0 Å². The lowest BCUT2D eigenvalue weighted by Gasteiger charge is -2.37. The summed E-state index contributed by atoms with van der Waals surface area (Å²) >= 11 is 6.27. The number of rotatable bonds is 5. The fourth-order valence-electron chi connectivity index (χ4n) is 3.34. The van der Waals surface area contributed by atoms with E-state index in [0.29, 0.717) is 17.0 Å². The van der Waals surface area contributed by atoms with Crippen LogP contribution in [0.1, 0.15) is 31.4 Å². The van der Waals surface area contributed by atoms with Crippen LogP contribution in [0.15, 0.2) is 30.9 Å². The molecule has 5 nitrogen and oxygen atoms in total. The van der Waals surface area contributed by atoms with Gasteiger partial charge in [-0.15, -0.1) is 0 Å². The van der Waals surface area contributed by atoms with Crippen LogP contribution in [0.25, 0.3) is 0 Å². The van der Waals surface area contributed by atoms with Gasteiger partial charge in [0.05, 0.1) is 12.1 Å². The molecule has 1 aromatic carbocycles. The number of likely N-dealkylation sites (tertiary alicyclic amines) is 1. The van der Waals surface area contributed by atoms with Crippen molar-refractivity contribution in [3.63, 3.8) is 0 Å². The van der Waals surface area contributed by atoms with Crippen molar-refractivity contribution in [3.05, 3.63) is 41.4 Å². The molecule has 0 amide bonds. The maximum absolute atomic E-state index is 6.27. The van der Waals surface area contributed by atoms with Crippen molar-refractivity contribution in [2.24, 2.45) is 5.92 Å². The van der Waals surface area contributed by atoms with E-state index < -0.39 is 0 Å². The summed E-state index contributed by atoms with van der Waals surface area (Å²) in [6.07, 6.45) is 5.86. The summed E-state index contributed by atoms with van der Waals surface area (Å²) in [6.45, 7) is 5.38. The first kappa shape index (κ1) is 16.3. The highest BCUT2D eigenvalue weighted by atomic mass is 35.5. The number of aromatic nitrogens is 3. The van der Waals surface area contributed by atoms with Crippen LogP contribution < -0.4 is 4.74 Å². The van der Waals surface area contributed by atoms with Crippen LogP contribution in [0.3, 0.4) is 0 Å². The molecule has 0 spiro atoms. The summed E-state index contributed by atoms with van der Waals surface area (Å²) in [7, 11) is 1.64. The van der Waals surface area contributed by atoms with Gasteiger partial charge in [0.15, 0.2) is 0 Å². The number of hydrogen-bond donors (Lipinski definition) is 0. The summed E-state index contributed by atoms with van der Waals surface area (Å²) in [6, 6.07) is 6.42. The number of halogens is 1. The van der Waals surface area contributed by atoms with Crippen LogP contribution in [-0.4, -0.2) is 39.9 Å². The topological polar surface area (TPSA) is 43.2 Å². The molecule has 124 valence electrons. The van der Waals surface area contributed by atoms with Crippen LogP contribution in [0.2, 0.25) is 5.02 Å². The van der Waals surface area contributed by atoms with Gasteiger partial charge in [0.25, 0.3) is 0 Å². The Hall–Kier alpha value is -1.59. The number of piperidine rings is 1. The van der Waals surface area contributed by atoms with Crippen molar-refractivity contribution in [1.29, 1.82) is 0 Å². The van der Waals surface area contributed by atoms with E-state index in [4.69, 9.17) is 16.3 Å². The Morgan fingerprint density at radius 2 is 2.30 bits per heavy atom. The molecule has 6 heteroatoms. The summed E-state index contributed by atoms with van der Waals surface area (Å²) in [5.41, 5.74) is 1.23. The van der Waals surface area contributed by atoms with E-state index in [1.54, 1.807) is 19.8 Å². The number of nitrogens with zero attached hydrogens (tertiary/aromatic N) is 4. The molecule has 0 radical (unpaired) electrons. The van der Waals surface area contributed by atoms with Crippen molar-refractivity contribution in [2.75, 3.05) is 20.2 Å². The quantitative estimate of drug-likeness (QED) is 0.840. The highest BCUT2D eigenvalue weighted by molar-refractivity contribution is 6.32. The van der Waals surface area contributed by atoms with Gasteiger partial charge in [-0.2, -0.15) is 5.10 Å². The van der Waals surface area contributed by atoms with E-state index in [0.717, 1.165) is 25.4 Å². The molecule has 0 aliphatic carbocycles. The molecule has 2 atom stereocenters. The fraction of sp³-hybridized carbons (Fsp3) is 0.529. The third kappa shape index (κ3) is 3.85. The first-order valence-electron chi connectivity index (χ1n) is 8.07.